The number of hydrogen-bond donors (Lipinski definition) is 1. The molecule has 0 heterocycles. The lowest BCUT2D eigenvalue weighted by Crippen LogP contribution is -2.13. The SMILES string of the molecule is COc1c(Cl)cc(C(=O)C(=O)O)cc1OCC1CC1. The van der Waals surface area contributed by atoms with E-state index in [9.17, 15) is 9.59 Å². The normalized spacial score (nSPS) is 14.0. The van der Waals surface area contributed by atoms with Crippen molar-refractivity contribution in [1.29, 1.82) is 0 Å². The van der Waals surface area contributed by atoms with Crippen LogP contribution in [0.1, 0.15) is 23.2 Å². The highest BCUT2D eigenvalue weighted by Crippen LogP contribution is 2.38. The van der Waals surface area contributed by atoms with Crippen LogP contribution in [-0.4, -0.2) is 30.6 Å². The van der Waals surface area contributed by atoms with Crippen LogP contribution in [0.2, 0.25) is 5.02 Å². The molecule has 1 aliphatic carbocycles. The zero-order chi connectivity index (χ0) is 14.0. The molecule has 0 radical (unpaired) electrons. The third-order valence-electron chi connectivity index (χ3n) is 2.84. The molecule has 0 amide bonds. The van der Waals surface area contributed by atoms with Gasteiger partial charge in [-0.05, 0) is 30.9 Å². The van der Waals surface area contributed by atoms with E-state index < -0.39 is 11.8 Å². The van der Waals surface area contributed by atoms with Crippen molar-refractivity contribution in [2.24, 2.45) is 5.92 Å². The van der Waals surface area contributed by atoms with Crippen LogP contribution in [0, 0.1) is 5.92 Å². The van der Waals surface area contributed by atoms with E-state index in [1.807, 2.05) is 0 Å². The van der Waals surface area contributed by atoms with E-state index in [2.05, 4.69) is 0 Å². The molecule has 1 aromatic carbocycles. The predicted octanol–water partition coefficient (Wildman–Crippen LogP) is 2.40. The lowest BCUT2D eigenvalue weighted by Gasteiger charge is -2.13. The molecule has 19 heavy (non-hydrogen) atoms. The Morgan fingerprint density at radius 2 is 2.11 bits per heavy atom. The quantitative estimate of drug-likeness (QED) is 0.641. The third kappa shape index (κ3) is 3.17. The molecule has 0 saturated heterocycles. The fourth-order valence-electron chi connectivity index (χ4n) is 1.62. The third-order valence-corrected chi connectivity index (χ3v) is 3.12. The molecule has 1 aliphatic rings. The average molecular weight is 285 g/mol. The van der Waals surface area contributed by atoms with E-state index >= 15 is 0 Å². The molecule has 5 nitrogen and oxygen atoms in total. The summed E-state index contributed by atoms with van der Waals surface area (Å²) in [6.45, 7) is 0.511. The van der Waals surface area contributed by atoms with Crippen LogP contribution in [0.4, 0.5) is 0 Å². The molecule has 0 aliphatic heterocycles. The Labute approximate surface area is 115 Å². The van der Waals surface area contributed by atoms with Crippen LogP contribution in [0.15, 0.2) is 12.1 Å². The zero-order valence-electron chi connectivity index (χ0n) is 10.3. The van der Waals surface area contributed by atoms with Crippen molar-refractivity contribution in [3.05, 3.63) is 22.7 Å². The van der Waals surface area contributed by atoms with Gasteiger partial charge < -0.3 is 14.6 Å². The highest BCUT2D eigenvalue weighted by Gasteiger charge is 2.24. The summed E-state index contributed by atoms with van der Waals surface area (Å²) in [5, 5.41) is 8.86. The summed E-state index contributed by atoms with van der Waals surface area (Å²) in [5.41, 5.74) is -0.0240. The Balaban J connectivity index is 2.30. The van der Waals surface area contributed by atoms with Crippen LogP contribution in [-0.2, 0) is 4.79 Å². The minimum Gasteiger partial charge on any atom is -0.491 e. The lowest BCUT2D eigenvalue weighted by atomic mass is 10.1. The van der Waals surface area contributed by atoms with Crippen LogP contribution in [0.5, 0.6) is 11.5 Å². The summed E-state index contributed by atoms with van der Waals surface area (Å²) in [6, 6.07) is 2.62. The Morgan fingerprint density at radius 3 is 2.63 bits per heavy atom. The first-order valence-corrected chi connectivity index (χ1v) is 6.18. The molecule has 0 atom stereocenters. The molecule has 0 bridgehead atoms. The number of carbonyl (C=O) groups is 2. The molecular weight excluding hydrogens is 272 g/mol. The Bertz CT molecular complexity index is 522. The first-order valence-electron chi connectivity index (χ1n) is 5.81. The Morgan fingerprint density at radius 1 is 1.42 bits per heavy atom. The van der Waals surface area contributed by atoms with E-state index in [-0.39, 0.29) is 10.6 Å². The number of hydrogen-bond acceptors (Lipinski definition) is 4. The van der Waals surface area contributed by atoms with Crippen molar-refractivity contribution in [3.63, 3.8) is 0 Å². The summed E-state index contributed by atoms with van der Waals surface area (Å²) in [7, 11) is 1.43. The second-order valence-electron chi connectivity index (χ2n) is 4.38. The van der Waals surface area contributed by atoms with Gasteiger partial charge in [-0.15, -0.1) is 0 Å². The maximum Gasteiger partial charge on any atom is 0.377 e. The van der Waals surface area contributed by atoms with Crippen molar-refractivity contribution >= 4 is 23.4 Å². The van der Waals surface area contributed by atoms with Gasteiger partial charge in [0.1, 0.15) is 0 Å². The molecule has 0 spiro atoms. The van der Waals surface area contributed by atoms with E-state index in [0.29, 0.717) is 24.0 Å². The Hall–Kier alpha value is -1.75. The largest absolute Gasteiger partial charge is 0.491 e. The monoisotopic (exact) mass is 284 g/mol. The predicted molar refractivity (Wildman–Crippen MR) is 68.2 cm³/mol. The summed E-state index contributed by atoms with van der Waals surface area (Å²) < 4.78 is 10.7. The first-order chi connectivity index (χ1) is 9.02. The molecule has 6 heteroatoms. The van der Waals surface area contributed by atoms with Gasteiger partial charge in [-0.2, -0.15) is 0 Å². The highest BCUT2D eigenvalue weighted by molar-refractivity contribution is 6.41. The van der Waals surface area contributed by atoms with Gasteiger partial charge in [0.2, 0.25) is 0 Å². The minimum absolute atomic E-state index is 0.0240. The fourth-order valence-corrected chi connectivity index (χ4v) is 1.91. The van der Waals surface area contributed by atoms with Gasteiger partial charge in [0.25, 0.3) is 5.78 Å². The van der Waals surface area contributed by atoms with E-state index in [4.69, 9.17) is 26.2 Å². The topological polar surface area (TPSA) is 72.8 Å². The number of ketones is 1. The molecular formula is C13H13ClO5. The summed E-state index contributed by atoms with van der Waals surface area (Å²) in [5.74, 6) is -1.44. The van der Waals surface area contributed by atoms with Gasteiger partial charge in [-0.25, -0.2) is 4.79 Å². The first kappa shape index (κ1) is 13.7. The van der Waals surface area contributed by atoms with E-state index in [1.54, 1.807) is 0 Å². The number of ether oxygens (including phenoxy) is 2. The highest BCUT2D eigenvalue weighted by atomic mass is 35.5. The standard InChI is InChI=1S/C13H13ClO5/c1-18-12-9(14)4-8(11(15)13(16)17)5-10(12)19-6-7-2-3-7/h4-5,7H,2-3,6H2,1H3,(H,16,17). The van der Waals surface area contributed by atoms with E-state index in [1.165, 1.54) is 19.2 Å². The maximum atomic E-state index is 11.4. The lowest BCUT2D eigenvalue weighted by molar-refractivity contribution is -0.131. The molecule has 0 unspecified atom stereocenters. The van der Waals surface area contributed by atoms with Crippen molar-refractivity contribution in [3.8, 4) is 11.5 Å². The second kappa shape index (κ2) is 5.48. The van der Waals surface area contributed by atoms with Crippen LogP contribution >= 0.6 is 11.6 Å². The van der Waals surface area contributed by atoms with Gasteiger partial charge >= 0.3 is 5.97 Å². The molecule has 1 N–H and O–H groups in total. The van der Waals surface area contributed by atoms with Gasteiger partial charge in [0.15, 0.2) is 11.5 Å². The summed E-state index contributed by atoms with van der Waals surface area (Å²) in [4.78, 5) is 22.1. The number of halogens is 1. The molecule has 1 aromatic rings. The minimum atomic E-state index is -1.53. The molecule has 0 aromatic heterocycles. The van der Waals surface area contributed by atoms with Crippen LogP contribution < -0.4 is 9.47 Å². The number of aliphatic carboxylic acids is 1. The number of methoxy groups -OCH3 is 1. The number of benzene rings is 1. The number of Topliss-reactive ketones (excluding diaryl/α,β-unsaturated/α-hetero) is 1. The van der Waals surface area contributed by atoms with Crippen molar-refractivity contribution in [2.75, 3.05) is 13.7 Å². The smallest absolute Gasteiger partial charge is 0.377 e. The number of carboxylic acid groups (broad SMARTS) is 1. The number of carbonyl (C=O) groups excluding carboxylic acids is 1. The van der Waals surface area contributed by atoms with Crippen molar-refractivity contribution < 1.29 is 24.2 Å². The number of carboxylic acids is 1. The number of rotatable bonds is 6. The van der Waals surface area contributed by atoms with Crippen LogP contribution in [0.25, 0.3) is 0 Å². The van der Waals surface area contributed by atoms with Gasteiger partial charge in [-0.3, -0.25) is 4.79 Å². The second-order valence-corrected chi connectivity index (χ2v) is 4.79. The molecule has 2 rings (SSSR count). The van der Waals surface area contributed by atoms with Gasteiger partial charge in [-0.1, -0.05) is 11.6 Å². The van der Waals surface area contributed by atoms with Gasteiger partial charge in [0.05, 0.1) is 18.7 Å². The van der Waals surface area contributed by atoms with Crippen molar-refractivity contribution in [1.82, 2.24) is 0 Å². The Kier molecular flexibility index (Phi) is 3.95. The fraction of sp³-hybridized carbons (Fsp3) is 0.385. The summed E-state index contributed by atoms with van der Waals surface area (Å²) in [6.07, 6.45) is 2.23. The molecule has 102 valence electrons. The molecule has 1 saturated carbocycles. The molecule has 1 fully saturated rings. The van der Waals surface area contributed by atoms with Gasteiger partial charge in [0, 0.05) is 5.56 Å². The van der Waals surface area contributed by atoms with E-state index in [0.717, 1.165) is 12.8 Å². The van der Waals surface area contributed by atoms with Crippen LogP contribution in [0.3, 0.4) is 0 Å². The summed E-state index contributed by atoms with van der Waals surface area (Å²) >= 11 is 5.96. The van der Waals surface area contributed by atoms with Crippen molar-refractivity contribution in [2.45, 2.75) is 12.8 Å². The zero-order valence-corrected chi connectivity index (χ0v) is 11.1. The average Bonchev–Trinajstić information content (AvgIpc) is 3.18. The maximum absolute atomic E-state index is 11.4.